The zero-order valence-corrected chi connectivity index (χ0v) is 13.2. The molecule has 2 atom stereocenters. The number of aromatic nitrogens is 1. The van der Waals surface area contributed by atoms with Crippen LogP contribution in [0.5, 0.6) is 0 Å². The molecule has 1 aromatic heterocycles. The first-order valence-corrected chi connectivity index (χ1v) is 7.43. The lowest BCUT2D eigenvalue weighted by Gasteiger charge is -2.19. The second-order valence-electron chi connectivity index (χ2n) is 5.35. The fraction of sp³-hybridized carbons (Fsp3) is 0.375. The van der Waals surface area contributed by atoms with Gasteiger partial charge in [-0.2, -0.15) is 0 Å². The van der Waals surface area contributed by atoms with Gasteiger partial charge in [0.1, 0.15) is 0 Å². The van der Waals surface area contributed by atoms with Crippen LogP contribution in [-0.2, 0) is 4.79 Å². The SMILES string of the molecule is CC[C@H](C)[C@H](N)C(=O)Nc1c(Cl)cc(C)c2ncccc12. The molecule has 5 heteroatoms. The van der Waals surface area contributed by atoms with Gasteiger partial charge in [0.05, 0.1) is 22.3 Å². The maximum Gasteiger partial charge on any atom is 0.241 e. The first-order chi connectivity index (χ1) is 9.95. The predicted molar refractivity (Wildman–Crippen MR) is 87.6 cm³/mol. The molecule has 0 radical (unpaired) electrons. The number of aryl methyl sites for hydroxylation is 1. The largest absolute Gasteiger partial charge is 0.323 e. The maximum absolute atomic E-state index is 12.3. The lowest BCUT2D eigenvalue weighted by atomic mass is 9.99. The van der Waals surface area contributed by atoms with Gasteiger partial charge in [-0.05, 0) is 36.6 Å². The van der Waals surface area contributed by atoms with Crippen LogP contribution in [0.4, 0.5) is 5.69 Å². The standard InChI is InChI=1S/C16H20ClN3O/c1-4-9(2)13(18)16(21)20-15-11-6-5-7-19-14(11)10(3)8-12(15)17/h5-9,13H,4,18H2,1-3H3,(H,20,21)/t9-,13-/m0/s1. The quantitative estimate of drug-likeness (QED) is 0.908. The molecule has 0 saturated carbocycles. The van der Waals surface area contributed by atoms with Crippen LogP contribution in [0.25, 0.3) is 10.9 Å². The number of amides is 1. The minimum atomic E-state index is -0.556. The van der Waals surface area contributed by atoms with Crippen molar-refractivity contribution < 1.29 is 4.79 Å². The Bertz CT molecular complexity index is 672. The van der Waals surface area contributed by atoms with Gasteiger partial charge < -0.3 is 11.1 Å². The Morgan fingerprint density at radius 1 is 1.52 bits per heavy atom. The van der Waals surface area contributed by atoms with E-state index in [2.05, 4.69) is 10.3 Å². The van der Waals surface area contributed by atoms with Crippen molar-refractivity contribution in [2.24, 2.45) is 11.7 Å². The first kappa shape index (κ1) is 15.7. The van der Waals surface area contributed by atoms with Gasteiger partial charge in [-0.25, -0.2) is 0 Å². The van der Waals surface area contributed by atoms with Gasteiger partial charge in [0.2, 0.25) is 5.91 Å². The molecule has 0 bridgehead atoms. The van der Waals surface area contributed by atoms with Crippen LogP contribution in [0, 0.1) is 12.8 Å². The molecule has 1 amide bonds. The third kappa shape index (κ3) is 3.17. The number of carbonyl (C=O) groups is 1. The molecule has 0 aliphatic rings. The molecule has 0 saturated heterocycles. The van der Waals surface area contributed by atoms with E-state index in [0.717, 1.165) is 22.9 Å². The molecular weight excluding hydrogens is 286 g/mol. The summed E-state index contributed by atoms with van der Waals surface area (Å²) in [7, 11) is 0. The molecule has 1 aromatic carbocycles. The monoisotopic (exact) mass is 305 g/mol. The highest BCUT2D eigenvalue weighted by Gasteiger charge is 2.21. The number of hydrogen-bond donors (Lipinski definition) is 2. The van der Waals surface area contributed by atoms with Crippen molar-refractivity contribution >= 4 is 34.1 Å². The second-order valence-corrected chi connectivity index (χ2v) is 5.76. The van der Waals surface area contributed by atoms with E-state index in [-0.39, 0.29) is 11.8 Å². The number of halogens is 1. The van der Waals surface area contributed by atoms with Crippen LogP contribution < -0.4 is 11.1 Å². The highest BCUT2D eigenvalue weighted by molar-refractivity contribution is 6.35. The third-order valence-corrected chi connectivity index (χ3v) is 4.14. The maximum atomic E-state index is 12.3. The van der Waals surface area contributed by atoms with E-state index >= 15 is 0 Å². The molecule has 3 N–H and O–H groups in total. The Hall–Kier alpha value is -1.65. The van der Waals surface area contributed by atoms with Crippen LogP contribution in [0.3, 0.4) is 0 Å². The number of hydrogen-bond acceptors (Lipinski definition) is 3. The van der Waals surface area contributed by atoms with Gasteiger partial charge in [0.25, 0.3) is 0 Å². The van der Waals surface area contributed by atoms with Crippen molar-refractivity contribution in [3.63, 3.8) is 0 Å². The highest BCUT2D eigenvalue weighted by Crippen LogP contribution is 2.32. The summed E-state index contributed by atoms with van der Waals surface area (Å²) in [5.41, 5.74) is 8.35. The van der Waals surface area contributed by atoms with Gasteiger partial charge in [-0.1, -0.05) is 31.9 Å². The van der Waals surface area contributed by atoms with E-state index in [0.29, 0.717) is 10.7 Å². The zero-order valence-electron chi connectivity index (χ0n) is 12.5. The molecule has 21 heavy (non-hydrogen) atoms. The minimum absolute atomic E-state index is 0.110. The summed E-state index contributed by atoms with van der Waals surface area (Å²) >= 11 is 6.29. The average molecular weight is 306 g/mol. The molecule has 2 aromatic rings. The first-order valence-electron chi connectivity index (χ1n) is 7.06. The predicted octanol–water partition coefficient (Wildman–Crippen LogP) is 3.51. The number of nitrogens with zero attached hydrogens (tertiary/aromatic N) is 1. The normalized spacial score (nSPS) is 14.0. The lowest BCUT2D eigenvalue weighted by Crippen LogP contribution is -2.40. The molecule has 4 nitrogen and oxygen atoms in total. The van der Waals surface area contributed by atoms with Crippen molar-refractivity contribution in [2.45, 2.75) is 33.2 Å². The number of pyridine rings is 1. The third-order valence-electron chi connectivity index (χ3n) is 3.84. The van der Waals surface area contributed by atoms with E-state index in [9.17, 15) is 4.79 Å². The Morgan fingerprint density at radius 3 is 2.90 bits per heavy atom. The van der Waals surface area contributed by atoms with Crippen molar-refractivity contribution in [3.05, 3.63) is 35.0 Å². The molecule has 0 fully saturated rings. The van der Waals surface area contributed by atoms with Gasteiger partial charge >= 0.3 is 0 Å². The number of nitrogens with one attached hydrogen (secondary N) is 1. The van der Waals surface area contributed by atoms with Gasteiger partial charge in [0, 0.05) is 11.6 Å². The van der Waals surface area contributed by atoms with Crippen LogP contribution in [0.2, 0.25) is 5.02 Å². The average Bonchev–Trinajstić information content (AvgIpc) is 2.49. The molecule has 2 rings (SSSR count). The van der Waals surface area contributed by atoms with Gasteiger partial charge in [-0.3, -0.25) is 9.78 Å². The van der Waals surface area contributed by atoms with E-state index in [1.807, 2.05) is 32.9 Å². The Labute approximate surface area is 129 Å². The van der Waals surface area contributed by atoms with E-state index in [4.69, 9.17) is 17.3 Å². The van der Waals surface area contributed by atoms with Crippen molar-refractivity contribution in [3.8, 4) is 0 Å². The summed E-state index contributed by atoms with van der Waals surface area (Å²) in [5, 5.41) is 4.18. The summed E-state index contributed by atoms with van der Waals surface area (Å²) < 4.78 is 0. The Balaban J connectivity index is 2.41. The molecule has 0 aliphatic carbocycles. The number of nitrogens with two attached hydrogens (primary N) is 1. The van der Waals surface area contributed by atoms with E-state index in [1.165, 1.54) is 0 Å². The fourth-order valence-corrected chi connectivity index (χ4v) is 2.54. The lowest BCUT2D eigenvalue weighted by molar-refractivity contribution is -0.118. The number of carbonyl (C=O) groups excluding carboxylic acids is 1. The van der Waals surface area contributed by atoms with Crippen LogP contribution >= 0.6 is 11.6 Å². The highest BCUT2D eigenvalue weighted by atomic mass is 35.5. The topological polar surface area (TPSA) is 68.0 Å². The second kappa shape index (κ2) is 6.41. The zero-order chi connectivity index (χ0) is 15.6. The fourth-order valence-electron chi connectivity index (χ4n) is 2.23. The summed E-state index contributed by atoms with van der Waals surface area (Å²) in [5.74, 6) is -0.112. The van der Waals surface area contributed by atoms with Gasteiger partial charge in [-0.15, -0.1) is 0 Å². The summed E-state index contributed by atoms with van der Waals surface area (Å²) in [6, 6.07) is 4.97. The Morgan fingerprint density at radius 2 is 2.24 bits per heavy atom. The van der Waals surface area contributed by atoms with Crippen LogP contribution in [0.15, 0.2) is 24.4 Å². The number of rotatable bonds is 4. The molecule has 0 spiro atoms. The minimum Gasteiger partial charge on any atom is -0.323 e. The van der Waals surface area contributed by atoms with Crippen molar-refractivity contribution in [2.75, 3.05) is 5.32 Å². The van der Waals surface area contributed by atoms with E-state index in [1.54, 1.807) is 12.3 Å². The molecular formula is C16H20ClN3O. The van der Waals surface area contributed by atoms with E-state index < -0.39 is 6.04 Å². The van der Waals surface area contributed by atoms with Crippen LogP contribution in [0.1, 0.15) is 25.8 Å². The number of fused-ring (bicyclic) bond motifs is 1. The summed E-state index contributed by atoms with van der Waals surface area (Å²) in [4.78, 5) is 16.6. The smallest absolute Gasteiger partial charge is 0.241 e. The molecule has 0 unspecified atom stereocenters. The molecule has 0 aliphatic heterocycles. The summed E-state index contributed by atoms with van der Waals surface area (Å²) in [6.07, 6.45) is 2.57. The molecule has 1 heterocycles. The number of anilines is 1. The van der Waals surface area contributed by atoms with Crippen LogP contribution in [-0.4, -0.2) is 16.9 Å². The molecule has 112 valence electrons. The number of benzene rings is 1. The van der Waals surface area contributed by atoms with Crippen molar-refractivity contribution in [1.82, 2.24) is 4.98 Å². The Kier molecular flexibility index (Phi) is 4.80. The van der Waals surface area contributed by atoms with Gasteiger partial charge in [0.15, 0.2) is 0 Å². The van der Waals surface area contributed by atoms with Crippen molar-refractivity contribution in [1.29, 1.82) is 0 Å². The summed E-state index contributed by atoms with van der Waals surface area (Å²) in [6.45, 7) is 5.91.